The van der Waals surface area contributed by atoms with Crippen LogP contribution in [0.5, 0.6) is 11.5 Å². The fourth-order valence-corrected chi connectivity index (χ4v) is 5.82. The van der Waals surface area contributed by atoms with Crippen LogP contribution in [0.1, 0.15) is 29.6 Å². The molecule has 0 saturated carbocycles. The number of fused-ring (bicyclic) bond motifs is 1. The number of halogens is 1. The maximum Gasteiger partial charge on any atom is 0.254 e. The molecule has 4 rings (SSSR count). The van der Waals surface area contributed by atoms with Crippen molar-refractivity contribution in [1.82, 2.24) is 4.90 Å². The molecule has 0 spiro atoms. The van der Waals surface area contributed by atoms with Crippen molar-refractivity contribution < 1.29 is 27.4 Å². The van der Waals surface area contributed by atoms with Gasteiger partial charge in [0, 0.05) is 24.8 Å². The van der Waals surface area contributed by atoms with Crippen LogP contribution in [-0.4, -0.2) is 69.2 Å². The first-order chi connectivity index (χ1) is 12.9. The molecule has 3 aliphatic rings. The van der Waals surface area contributed by atoms with Crippen LogP contribution in [0.2, 0.25) is 5.02 Å². The average Bonchev–Trinajstić information content (AvgIpc) is 3.28. The second-order valence-electron chi connectivity index (χ2n) is 7.13. The van der Waals surface area contributed by atoms with E-state index in [9.17, 15) is 13.2 Å². The number of nitrogens with zero attached hydrogens (tertiary/aromatic N) is 1. The SMILES string of the molecule is O=C(c1cc(Cl)c2c(c1)OCCO2)N(C[C@@H]1CCCO1)[C@@H]1CCS(=O)(=O)C1. The van der Waals surface area contributed by atoms with Crippen LogP contribution in [0.4, 0.5) is 0 Å². The first kappa shape index (κ1) is 18.8. The lowest BCUT2D eigenvalue weighted by Crippen LogP contribution is -2.45. The van der Waals surface area contributed by atoms with Crippen molar-refractivity contribution in [3.63, 3.8) is 0 Å². The molecule has 27 heavy (non-hydrogen) atoms. The Balaban J connectivity index is 1.62. The van der Waals surface area contributed by atoms with Gasteiger partial charge in [0.1, 0.15) is 13.2 Å². The molecule has 1 amide bonds. The Labute approximate surface area is 163 Å². The van der Waals surface area contributed by atoms with E-state index in [0.29, 0.717) is 54.9 Å². The van der Waals surface area contributed by atoms with Crippen LogP contribution >= 0.6 is 11.6 Å². The fraction of sp³-hybridized carbons (Fsp3) is 0.611. The molecule has 0 bridgehead atoms. The third-order valence-electron chi connectivity index (χ3n) is 5.18. The van der Waals surface area contributed by atoms with E-state index >= 15 is 0 Å². The minimum Gasteiger partial charge on any atom is -0.486 e. The molecule has 1 aromatic carbocycles. The normalized spacial score (nSPS) is 26.1. The number of hydrogen-bond acceptors (Lipinski definition) is 6. The molecule has 2 atom stereocenters. The molecule has 3 aliphatic heterocycles. The van der Waals surface area contributed by atoms with Crippen LogP contribution < -0.4 is 9.47 Å². The predicted molar refractivity (Wildman–Crippen MR) is 99.5 cm³/mol. The van der Waals surface area contributed by atoms with Gasteiger partial charge in [0.05, 0.1) is 22.6 Å². The van der Waals surface area contributed by atoms with Gasteiger partial charge in [-0.15, -0.1) is 0 Å². The Hall–Kier alpha value is -1.51. The zero-order valence-corrected chi connectivity index (χ0v) is 16.4. The van der Waals surface area contributed by atoms with E-state index in [1.807, 2.05) is 0 Å². The second kappa shape index (κ2) is 7.48. The Morgan fingerprint density at radius 1 is 1.19 bits per heavy atom. The maximum atomic E-state index is 13.3. The Kier molecular flexibility index (Phi) is 5.22. The molecule has 3 heterocycles. The molecule has 0 aromatic heterocycles. The van der Waals surface area contributed by atoms with Gasteiger partial charge in [0.2, 0.25) is 0 Å². The largest absolute Gasteiger partial charge is 0.486 e. The highest BCUT2D eigenvalue weighted by Gasteiger charge is 2.37. The van der Waals surface area contributed by atoms with Gasteiger partial charge in [0.15, 0.2) is 21.3 Å². The van der Waals surface area contributed by atoms with Crippen molar-refractivity contribution in [3.8, 4) is 11.5 Å². The zero-order chi connectivity index (χ0) is 19.0. The summed E-state index contributed by atoms with van der Waals surface area (Å²) in [5.41, 5.74) is 0.367. The Bertz CT molecular complexity index is 836. The Morgan fingerprint density at radius 2 is 2.00 bits per heavy atom. The summed E-state index contributed by atoms with van der Waals surface area (Å²) in [5.74, 6) is 0.715. The van der Waals surface area contributed by atoms with Crippen LogP contribution in [0.25, 0.3) is 0 Å². The lowest BCUT2D eigenvalue weighted by atomic mass is 10.1. The summed E-state index contributed by atoms with van der Waals surface area (Å²) in [7, 11) is -3.12. The van der Waals surface area contributed by atoms with Gasteiger partial charge in [-0.25, -0.2) is 8.42 Å². The summed E-state index contributed by atoms with van der Waals surface area (Å²) in [6, 6.07) is 2.83. The fourth-order valence-electron chi connectivity index (χ4n) is 3.83. The summed E-state index contributed by atoms with van der Waals surface area (Å²) in [6.07, 6.45) is 2.19. The van der Waals surface area contributed by atoms with Crippen molar-refractivity contribution in [3.05, 3.63) is 22.7 Å². The zero-order valence-electron chi connectivity index (χ0n) is 14.9. The number of benzene rings is 1. The first-order valence-corrected chi connectivity index (χ1v) is 11.3. The van der Waals surface area contributed by atoms with Crippen molar-refractivity contribution in [1.29, 1.82) is 0 Å². The van der Waals surface area contributed by atoms with E-state index < -0.39 is 9.84 Å². The van der Waals surface area contributed by atoms with Gasteiger partial charge in [-0.3, -0.25) is 4.79 Å². The number of hydrogen-bond donors (Lipinski definition) is 0. The molecule has 0 radical (unpaired) electrons. The van der Waals surface area contributed by atoms with Crippen molar-refractivity contribution >= 4 is 27.3 Å². The second-order valence-corrected chi connectivity index (χ2v) is 9.77. The minimum absolute atomic E-state index is 0.0102. The molecule has 2 saturated heterocycles. The highest BCUT2D eigenvalue weighted by Crippen LogP contribution is 2.39. The van der Waals surface area contributed by atoms with E-state index in [-0.39, 0.29) is 29.6 Å². The lowest BCUT2D eigenvalue weighted by Gasteiger charge is -2.31. The number of ether oxygens (including phenoxy) is 3. The summed E-state index contributed by atoms with van der Waals surface area (Å²) in [4.78, 5) is 14.9. The van der Waals surface area contributed by atoms with Crippen molar-refractivity contribution in [2.45, 2.75) is 31.4 Å². The third kappa shape index (κ3) is 4.02. The number of carbonyl (C=O) groups is 1. The summed E-state index contributed by atoms with van der Waals surface area (Å²) < 4.78 is 40.7. The topological polar surface area (TPSA) is 82.1 Å². The molecule has 9 heteroatoms. The number of carbonyl (C=O) groups excluding carboxylic acids is 1. The van der Waals surface area contributed by atoms with E-state index in [1.54, 1.807) is 17.0 Å². The quantitative estimate of drug-likeness (QED) is 0.747. The average molecular weight is 416 g/mol. The van der Waals surface area contributed by atoms with Gasteiger partial charge < -0.3 is 19.1 Å². The van der Waals surface area contributed by atoms with Crippen LogP contribution in [0.15, 0.2) is 12.1 Å². The molecule has 0 aliphatic carbocycles. The van der Waals surface area contributed by atoms with E-state index in [1.165, 1.54) is 0 Å². The molecule has 7 nitrogen and oxygen atoms in total. The van der Waals surface area contributed by atoms with E-state index in [2.05, 4.69) is 0 Å². The lowest BCUT2D eigenvalue weighted by molar-refractivity contribution is 0.0441. The highest BCUT2D eigenvalue weighted by molar-refractivity contribution is 7.91. The van der Waals surface area contributed by atoms with Crippen LogP contribution in [0, 0.1) is 0 Å². The number of rotatable bonds is 4. The first-order valence-electron chi connectivity index (χ1n) is 9.15. The third-order valence-corrected chi connectivity index (χ3v) is 7.21. The summed E-state index contributed by atoms with van der Waals surface area (Å²) in [5, 5.41) is 0.312. The van der Waals surface area contributed by atoms with Gasteiger partial charge in [-0.05, 0) is 31.4 Å². The predicted octanol–water partition coefficient (Wildman–Crippen LogP) is 1.92. The highest BCUT2D eigenvalue weighted by atomic mass is 35.5. The van der Waals surface area contributed by atoms with E-state index in [4.69, 9.17) is 25.8 Å². The maximum absolute atomic E-state index is 13.3. The molecule has 0 N–H and O–H groups in total. The summed E-state index contributed by atoms with van der Waals surface area (Å²) in [6.45, 7) is 1.85. The van der Waals surface area contributed by atoms with Crippen molar-refractivity contribution in [2.75, 3.05) is 37.9 Å². The van der Waals surface area contributed by atoms with Crippen molar-refractivity contribution in [2.24, 2.45) is 0 Å². The summed E-state index contributed by atoms with van der Waals surface area (Å²) >= 11 is 6.28. The Morgan fingerprint density at radius 3 is 2.70 bits per heavy atom. The van der Waals surface area contributed by atoms with Gasteiger partial charge in [-0.1, -0.05) is 11.6 Å². The molecule has 2 fully saturated rings. The number of amides is 1. The standard InChI is InChI=1S/C18H22ClNO6S/c19-15-8-12(9-16-17(15)26-6-5-25-16)18(21)20(10-14-2-1-4-24-14)13-3-7-27(22,23)11-13/h8-9,13-14H,1-7,10-11H2/t13-,14+/m1/s1. The minimum atomic E-state index is -3.12. The molecular formula is C18H22ClNO6S. The van der Waals surface area contributed by atoms with Crippen LogP contribution in [0.3, 0.4) is 0 Å². The van der Waals surface area contributed by atoms with Gasteiger partial charge in [-0.2, -0.15) is 0 Å². The van der Waals surface area contributed by atoms with E-state index in [0.717, 1.165) is 12.8 Å². The monoisotopic (exact) mass is 415 g/mol. The van der Waals surface area contributed by atoms with Gasteiger partial charge in [0.25, 0.3) is 5.91 Å². The molecule has 0 unspecified atom stereocenters. The number of sulfone groups is 1. The molecule has 148 valence electrons. The van der Waals surface area contributed by atoms with Gasteiger partial charge >= 0.3 is 0 Å². The van der Waals surface area contributed by atoms with Crippen LogP contribution in [-0.2, 0) is 14.6 Å². The smallest absolute Gasteiger partial charge is 0.254 e. The molecule has 1 aromatic rings. The molecular weight excluding hydrogens is 394 g/mol.